The SMILES string of the molecule is COC(=O)CN1C(=O)C(CC2CC2)N=C(c2ccccc2)c2cc(Cl)ccc21. The van der Waals surface area contributed by atoms with Crippen molar-refractivity contribution in [2.45, 2.75) is 25.3 Å². The molecule has 1 aliphatic heterocycles. The Morgan fingerprint density at radius 2 is 1.96 bits per heavy atom. The van der Waals surface area contributed by atoms with Gasteiger partial charge in [-0.15, -0.1) is 0 Å². The number of benzodiazepines with no additional fused rings is 1. The zero-order valence-corrected chi connectivity index (χ0v) is 16.4. The first kappa shape index (κ1) is 18.7. The van der Waals surface area contributed by atoms with Gasteiger partial charge in [-0.2, -0.15) is 0 Å². The van der Waals surface area contributed by atoms with Gasteiger partial charge in [0, 0.05) is 16.1 Å². The number of anilines is 1. The molecular formula is C22H21ClN2O3. The van der Waals surface area contributed by atoms with Crippen molar-refractivity contribution < 1.29 is 14.3 Å². The van der Waals surface area contributed by atoms with Gasteiger partial charge in [0.1, 0.15) is 12.6 Å². The Hall–Kier alpha value is -2.66. The summed E-state index contributed by atoms with van der Waals surface area (Å²) >= 11 is 6.28. The molecule has 0 bridgehead atoms. The highest BCUT2D eigenvalue weighted by Gasteiger charge is 2.36. The molecule has 1 saturated carbocycles. The number of methoxy groups -OCH3 is 1. The summed E-state index contributed by atoms with van der Waals surface area (Å²) in [5.74, 6) is -0.131. The molecule has 28 heavy (non-hydrogen) atoms. The number of halogens is 1. The van der Waals surface area contributed by atoms with E-state index in [0.29, 0.717) is 23.0 Å². The van der Waals surface area contributed by atoms with Crippen LogP contribution in [-0.2, 0) is 14.3 Å². The Morgan fingerprint density at radius 1 is 1.21 bits per heavy atom. The number of rotatable bonds is 5. The van der Waals surface area contributed by atoms with Crippen molar-refractivity contribution in [1.82, 2.24) is 0 Å². The van der Waals surface area contributed by atoms with E-state index in [9.17, 15) is 9.59 Å². The van der Waals surface area contributed by atoms with Crippen LogP contribution < -0.4 is 4.90 Å². The maximum absolute atomic E-state index is 13.4. The molecule has 0 aromatic heterocycles. The fourth-order valence-electron chi connectivity index (χ4n) is 3.52. The van der Waals surface area contributed by atoms with Crippen LogP contribution in [0.15, 0.2) is 53.5 Å². The van der Waals surface area contributed by atoms with Crippen molar-refractivity contribution in [1.29, 1.82) is 0 Å². The Balaban J connectivity index is 1.87. The average molecular weight is 397 g/mol. The Bertz CT molecular complexity index is 938. The van der Waals surface area contributed by atoms with Gasteiger partial charge < -0.3 is 4.74 Å². The second kappa shape index (κ2) is 7.76. The van der Waals surface area contributed by atoms with E-state index in [1.54, 1.807) is 18.2 Å². The van der Waals surface area contributed by atoms with Crippen molar-refractivity contribution >= 4 is 34.9 Å². The molecule has 1 heterocycles. The van der Waals surface area contributed by atoms with Crippen molar-refractivity contribution in [2.24, 2.45) is 10.9 Å². The summed E-state index contributed by atoms with van der Waals surface area (Å²) in [5, 5.41) is 0.550. The molecule has 2 aliphatic rings. The standard InChI is InChI=1S/C22H21ClN2O3/c1-28-20(26)13-25-19-10-9-16(23)12-17(19)21(15-5-3-2-4-6-15)24-18(22(25)27)11-14-7-8-14/h2-6,9-10,12,14,18H,7-8,11,13H2,1H3. The highest BCUT2D eigenvalue weighted by Crippen LogP contribution is 2.37. The predicted octanol–water partition coefficient (Wildman–Crippen LogP) is 3.87. The highest BCUT2D eigenvalue weighted by molar-refractivity contribution is 6.32. The number of ether oxygens (including phenoxy) is 1. The summed E-state index contributed by atoms with van der Waals surface area (Å²) in [5.41, 5.74) is 3.01. The van der Waals surface area contributed by atoms with E-state index in [0.717, 1.165) is 29.7 Å². The third-order valence-corrected chi connectivity index (χ3v) is 5.39. The van der Waals surface area contributed by atoms with Crippen LogP contribution in [0.4, 0.5) is 5.69 Å². The number of carbonyl (C=O) groups is 2. The van der Waals surface area contributed by atoms with Crippen LogP contribution in [0.3, 0.4) is 0 Å². The Labute approximate surface area is 169 Å². The van der Waals surface area contributed by atoms with Gasteiger partial charge in [0.15, 0.2) is 0 Å². The normalized spacial score (nSPS) is 18.9. The molecule has 1 fully saturated rings. The lowest BCUT2D eigenvalue weighted by molar-refractivity contribution is -0.140. The molecular weight excluding hydrogens is 376 g/mol. The van der Waals surface area contributed by atoms with E-state index in [1.807, 2.05) is 30.3 Å². The van der Waals surface area contributed by atoms with Crippen molar-refractivity contribution in [3.05, 3.63) is 64.7 Å². The number of hydrogen-bond donors (Lipinski definition) is 0. The zero-order chi connectivity index (χ0) is 19.7. The lowest BCUT2D eigenvalue weighted by Crippen LogP contribution is -2.41. The quantitative estimate of drug-likeness (QED) is 0.721. The number of aliphatic imine (C=N–C) groups is 1. The van der Waals surface area contributed by atoms with Crippen molar-refractivity contribution in [3.8, 4) is 0 Å². The molecule has 1 aliphatic carbocycles. The zero-order valence-electron chi connectivity index (χ0n) is 15.6. The monoisotopic (exact) mass is 396 g/mol. The average Bonchev–Trinajstić information content (AvgIpc) is 3.54. The number of amides is 1. The van der Waals surface area contributed by atoms with Gasteiger partial charge in [-0.3, -0.25) is 19.5 Å². The molecule has 0 saturated heterocycles. The van der Waals surface area contributed by atoms with Gasteiger partial charge in [0.2, 0.25) is 0 Å². The summed E-state index contributed by atoms with van der Waals surface area (Å²) < 4.78 is 4.82. The van der Waals surface area contributed by atoms with E-state index in [1.165, 1.54) is 12.0 Å². The number of fused-ring (bicyclic) bond motifs is 1. The fraction of sp³-hybridized carbons (Fsp3) is 0.318. The molecule has 1 amide bonds. The van der Waals surface area contributed by atoms with E-state index in [-0.39, 0.29) is 12.5 Å². The van der Waals surface area contributed by atoms with E-state index >= 15 is 0 Å². The van der Waals surface area contributed by atoms with Crippen molar-refractivity contribution in [3.63, 3.8) is 0 Å². The lowest BCUT2D eigenvalue weighted by atomic mass is 10.00. The fourth-order valence-corrected chi connectivity index (χ4v) is 3.69. The van der Waals surface area contributed by atoms with Gasteiger partial charge in [0.05, 0.1) is 18.5 Å². The number of hydrogen-bond acceptors (Lipinski definition) is 4. The molecule has 0 spiro atoms. The highest BCUT2D eigenvalue weighted by atomic mass is 35.5. The molecule has 5 nitrogen and oxygen atoms in total. The summed E-state index contributed by atoms with van der Waals surface area (Å²) in [6.07, 6.45) is 2.93. The first-order chi connectivity index (χ1) is 13.6. The smallest absolute Gasteiger partial charge is 0.325 e. The van der Waals surface area contributed by atoms with Crippen molar-refractivity contribution in [2.75, 3.05) is 18.6 Å². The summed E-state index contributed by atoms with van der Waals surface area (Å²) in [6, 6.07) is 14.5. The third kappa shape index (κ3) is 3.80. The molecule has 2 aromatic rings. The second-order valence-electron chi connectivity index (χ2n) is 7.20. The maximum Gasteiger partial charge on any atom is 0.325 e. The van der Waals surface area contributed by atoms with E-state index in [4.69, 9.17) is 21.3 Å². The summed E-state index contributed by atoms with van der Waals surface area (Å²) in [4.78, 5) is 31.8. The minimum absolute atomic E-state index is 0.150. The number of nitrogens with zero attached hydrogens (tertiary/aromatic N) is 2. The summed E-state index contributed by atoms with van der Waals surface area (Å²) in [6.45, 7) is -0.150. The number of benzene rings is 2. The van der Waals surface area contributed by atoms with Gasteiger partial charge in [-0.1, -0.05) is 54.8 Å². The molecule has 0 N–H and O–H groups in total. The first-order valence-corrected chi connectivity index (χ1v) is 9.76. The van der Waals surface area contributed by atoms with Gasteiger partial charge in [-0.25, -0.2) is 0 Å². The van der Waals surface area contributed by atoms with Gasteiger partial charge in [-0.05, 0) is 30.5 Å². The molecule has 144 valence electrons. The topological polar surface area (TPSA) is 59.0 Å². The summed E-state index contributed by atoms with van der Waals surface area (Å²) in [7, 11) is 1.32. The second-order valence-corrected chi connectivity index (χ2v) is 7.64. The molecule has 1 unspecified atom stereocenters. The van der Waals surface area contributed by atoms with Crippen LogP contribution in [0.5, 0.6) is 0 Å². The molecule has 2 aromatic carbocycles. The van der Waals surface area contributed by atoms with Crippen LogP contribution in [-0.4, -0.2) is 37.3 Å². The van der Waals surface area contributed by atoms with Crippen LogP contribution in [0.2, 0.25) is 5.02 Å². The van der Waals surface area contributed by atoms with Gasteiger partial charge in [0.25, 0.3) is 5.91 Å². The van der Waals surface area contributed by atoms with Crippen LogP contribution in [0, 0.1) is 5.92 Å². The minimum atomic E-state index is -0.529. The molecule has 4 rings (SSSR count). The van der Waals surface area contributed by atoms with E-state index in [2.05, 4.69) is 0 Å². The number of esters is 1. The van der Waals surface area contributed by atoms with Gasteiger partial charge >= 0.3 is 5.97 Å². The number of carbonyl (C=O) groups excluding carboxylic acids is 2. The third-order valence-electron chi connectivity index (χ3n) is 5.16. The Kier molecular flexibility index (Phi) is 5.18. The largest absolute Gasteiger partial charge is 0.468 e. The molecule has 0 radical (unpaired) electrons. The molecule has 6 heteroatoms. The van der Waals surface area contributed by atoms with E-state index < -0.39 is 12.0 Å². The van der Waals surface area contributed by atoms with Crippen LogP contribution in [0.25, 0.3) is 0 Å². The predicted molar refractivity (Wildman–Crippen MR) is 109 cm³/mol. The first-order valence-electron chi connectivity index (χ1n) is 9.38. The minimum Gasteiger partial charge on any atom is -0.468 e. The Morgan fingerprint density at radius 3 is 2.64 bits per heavy atom. The lowest BCUT2D eigenvalue weighted by Gasteiger charge is -2.24. The van der Waals surface area contributed by atoms with Crippen LogP contribution in [0.1, 0.15) is 30.4 Å². The molecule has 1 atom stereocenters. The van der Waals surface area contributed by atoms with Crippen LogP contribution >= 0.6 is 11.6 Å². The maximum atomic E-state index is 13.4.